The van der Waals surface area contributed by atoms with Gasteiger partial charge in [0, 0.05) is 24.4 Å². The van der Waals surface area contributed by atoms with Crippen molar-refractivity contribution in [2.45, 2.75) is 25.9 Å². The molecule has 0 saturated heterocycles. The first kappa shape index (κ1) is 16.3. The van der Waals surface area contributed by atoms with Gasteiger partial charge in [0.25, 0.3) is 0 Å². The van der Waals surface area contributed by atoms with Crippen molar-refractivity contribution in [1.29, 1.82) is 0 Å². The van der Waals surface area contributed by atoms with Crippen LogP contribution in [0.4, 0.5) is 4.39 Å². The Morgan fingerprint density at radius 2 is 2.15 bits per heavy atom. The van der Waals surface area contributed by atoms with Gasteiger partial charge in [0.05, 0.1) is 11.2 Å². The molecular weight excluding hydrogens is 333 g/mol. The Balaban J connectivity index is 1.74. The summed E-state index contributed by atoms with van der Waals surface area (Å²) in [6, 6.07) is 11.2. The van der Waals surface area contributed by atoms with Gasteiger partial charge in [0.2, 0.25) is 0 Å². The number of pyridine rings is 1. The molecule has 1 aromatic carbocycles. The summed E-state index contributed by atoms with van der Waals surface area (Å²) in [5.41, 5.74) is 2.71. The average Bonchev–Trinajstić information content (AvgIpc) is 3.30. The quantitative estimate of drug-likeness (QED) is 0.601. The lowest BCUT2D eigenvalue weighted by Gasteiger charge is -2.12. The molecule has 0 spiro atoms. The Bertz CT molecular complexity index is 1100. The molecule has 1 N–H and O–H groups in total. The third-order valence-corrected chi connectivity index (χ3v) is 4.61. The van der Waals surface area contributed by atoms with E-state index in [1.54, 1.807) is 29.1 Å². The van der Waals surface area contributed by atoms with Gasteiger partial charge in [-0.3, -0.25) is 14.1 Å². The lowest BCUT2D eigenvalue weighted by Crippen LogP contribution is -2.18. The summed E-state index contributed by atoms with van der Waals surface area (Å²) >= 11 is 0. The second-order valence-electron chi connectivity index (χ2n) is 6.34. The average molecular weight is 351 g/mol. The highest BCUT2D eigenvalue weighted by molar-refractivity contribution is 5.55. The van der Waals surface area contributed by atoms with Crippen LogP contribution in [0.1, 0.15) is 29.8 Å². The Kier molecular flexibility index (Phi) is 4.12. The Hall–Kier alpha value is -3.22. The molecule has 132 valence electrons. The molecule has 0 aliphatic heterocycles. The third kappa shape index (κ3) is 2.81. The molecule has 3 heterocycles. The van der Waals surface area contributed by atoms with E-state index in [2.05, 4.69) is 22.1 Å². The van der Waals surface area contributed by atoms with E-state index in [9.17, 15) is 9.18 Å². The zero-order valence-electron chi connectivity index (χ0n) is 14.3. The predicted molar refractivity (Wildman–Crippen MR) is 96.3 cm³/mol. The van der Waals surface area contributed by atoms with Crippen LogP contribution in [0.5, 0.6) is 0 Å². The van der Waals surface area contributed by atoms with E-state index >= 15 is 0 Å². The first-order valence-corrected chi connectivity index (χ1v) is 8.39. The standard InChI is InChI=1S/C19H18FN5O/c1-13(8-18-21-12-22-23-18)14-4-2-6-16(9-14)25-11-17-15(10-20)5-3-7-24(17)19(25)26/h2-7,9,11-13H,8,10H2,1H3,(H,21,22,23). The highest BCUT2D eigenvalue weighted by Gasteiger charge is 2.13. The van der Waals surface area contributed by atoms with Crippen molar-refractivity contribution in [2.75, 3.05) is 0 Å². The summed E-state index contributed by atoms with van der Waals surface area (Å²) < 4.78 is 16.2. The predicted octanol–water partition coefficient (Wildman–Crippen LogP) is 3.02. The van der Waals surface area contributed by atoms with Crippen molar-refractivity contribution in [3.63, 3.8) is 0 Å². The molecule has 4 aromatic rings. The van der Waals surface area contributed by atoms with E-state index in [1.165, 1.54) is 10.7 Å². The number of aromatic amines is 1. The molecule has 0 radical (unpaired) electrons. The van der Waals surface area contributed by atoms with Gasteiger partial charge in [-0.2, -0.15) is 5.10 Å². The van der Waals surface area contributed by atoms with Crippen LogP contribution >= 0.6 is 0 Å². The van der Waals surface area contributed by atoms with E-state index < -0.39 is 6.67 Å². The maximum Gasteiger partial charge on any atom is 0.337 e. The van der Waals surface area contributed by atoms with Crippen LogP contribution in [0.2, 0.25) is 0 Å². The second-order valence-corrected chi connectivity index (χ2v) is 6.34. The van der Waals surface area contributed by atoms with E-state index in [0.717, 1.165) is 23.5 Å². The van der Waals surface area contributed by atoms with Gasteiger partial charge in [-0.15, -0.1) is 0 Å². The molecule has 0 aliphatic rings. The number of hydrogen-bond donors (Lipinski definition) is 1. The van der Waals surface area contributed by atoms with Crippen LogP contribution in [-0.4, -0.2) is 24.1 Å². The molecule has 3 aromatic heterocycles. The number of rotatable bonds is 5. The van der Waals surface area contributed by atoms with Gasteiger partial charge in [-0.05, 0) is 29.7 Å². The van der Waals surface area contributed by atoms with E-state index in [-0.39, 0.29) is 11.6 Å². The summed E-state index contributed by atoms with van der Waals surface area (Å²) in [5.74, 6) is 1.03. The van der Waals surface area contributed by atoms with Crippen molar-refractivity contribution < 1.29 is 4.39 Å². The van der Waals surface area contributed by atoms with Crippen LogP contribution in [0, 0.1) is 0 Å². The molecule has 0 amide bonds. The number of halogens is 1. The van der Waals surface area contributed by atoms with Crippen LogP contribution in [0.3, 0.4) is 0 Å². The van der Waals surface area contributed by atoms with Crippen molar-refractivity contribution >= 4 is 5.52 Å². The minimum Gasteiger partial charge on any atom is -0.267 e. The maximum absolute atomic E-state index is 13.2. The zero-order chi connectivity index (χ0) is 18.1. The smallest absolute Gasteiger partial charge is 0.267 e. The number of aromatic nitrogens is 5. The second kappa shape index (κ2) is 6.59. The van der Waals surface area contributed by atoms with Crippen LogP contribution in [0.15, 0.2) is 59.9 Å². The van der Waals surface area contributed by atoms with Crippen molar-refractivity contribution in [3.8, 4) is 5.69 Å². The molecule has 0 bridgehead atoms. The summed E-state index contributed by atoms with van der Waals surface area (Å²) in [6.07, 6.45) is 5.57. The summed E-state index contributed by atoms with van der Waals surface area (Å²) in [4.78, 5) is 16.9. The highest BCUT2D eigenvalue weighted by Crippen LogP contribution is 2.22. The number of H-pyrrole nitrogens is 1. The molecule has 7 heteroatoms. The fourth-order valence-electron chi connectivity index (χ4n) is 3.19. The number of nitrogens with one attached hydrogen (secondary N) is 1. The summed E-state index contributed by atoms with van der Waals surface area (Å²) in [6.45, 7) is 1.49. The van der Waals surface area contributed by atoms with Crippen LogP contribution in [0.25, 0.3) is 11.2 Å². The molecule has 6 nitrogen and oxygen atoms in total. The normalized spacial score (nSPS) is 12.5. The molecule has 1 unspecified atom stereocenters. The number of hydrogen-bond acceptors (Lipinski definition) is 3. The maximum atomic E-state index is 13.2. The number of fused-ring (bicyclic) bond motifs is 1. The fraction of sp³-hybridized carbons (Fsp3) is 0.211. The Morgan fingerprint density at radius 3 is 2.92 bits per heavy atom. The van der Waals surface area contributed by atoms with Gasteiger partial charge >= 0.3 is 5.69 Å². The monoisotopic (exact) mass is 351 g/mol. The lowest BCUT2D eigenvalue weighted by molar-refractivity contribution is 0.487. The molecule has 0 saturated carbocycles. The van der Waals surface area contributed by atoms with Gasteiger partial charge < -0.3 is 0 Å². The topological polar surface area (TPSA) is 68.0 Å². The molecule has 0 aliphatic carbocycles. The van der Waals surface area contributed by atoms with Gasteiger partial charge in [0.1, 0.15) is 18.8 Å². The Labute approximate surface area is 148 Å². The number of imidazole rings is 1. The number of alkyl halides is 1. The van der Waals surface area contributed by atoms with Crippen molar-refractivity contribution in [3.05, 3.63) is 82.6 Å². The molecule has 1 atom stereocenters. The van der Waals surface area contributed by atoms with Gasteiger partial charge in [-0.25, -0.2) is 14.2 Å². The first-order chi connectivity index (χ1) is 12.7. The van der Waals surface area contributed by atoms with E-state index in [1.807, 2.05) is 24.3 Å². The number of benzene rings is 1. The van der Waals surface area contributed by atoms with Crippen LogP contribution < -0.4 is 5.69 Å². The number of nitrogens with zero attached hydrogens (tertiary/aromatic N) is 4. The highest BCUT2D eigenvalue weighted by atomic mass is 19.1. The first-order valence-electron chi connectivity index (χ1n) is 8.39. The molecule has 0 fully saturated rings. The largest absolute Gasteiger partial charge is 0.337 e. The van der Waals surface area contributed by atoms with E-state index in [0.29, 0.717) is 11.1 Å². The van der Waals surface area contributed by atoms with Crippen molar-refractivity contribution in [2.24, 2.45) is 0 Å². The lowest BCUT2D eigenvalue weighted by atomic mass is 9.97. The van der Waals surface area contributed by atoms with Crippen molar-refractivity contribution in [1.82, 2.24) is 24.1 Å². The fourth-order valence-corrected chi connectivity index (χ4v) is 3.19. The summed E-state index contributed by atoms with van der Waals surface area (Å²) in [7, 11) is 0. The minimum absolute atomic E-state index is 0.206. The van der Waals surface area contributed by atoms with E-state index in [4.69, 9.17) is 0 Å². The minimum atomic E-state index is -0.609. The zero-order valence-corrected chi connectivity index (χ0v) is 14.3. The molecule has 4 rings (SSSR count). The van der Waals surface area contributed by atoms with Gasteiger partial charge in [-0.1, -0.05) is 25.1 Å². The van der Waals surface area contributed by atoms with Crippen LogP contribution in [-0.2, 0) is 13.1 Å². The molecular formula is C19H18FN5O. The Morgan fingerprint density at radius 1 is 1.27 bits per heavy atom. The SMILES string of the molecule is CC(Cc1ncn[nH]1)c1cccc(-n2cc3c(CF)cccn3c2=O)c1. The van der Waals surface area contributed by atoms with Gasteiger partial charge in [0.15, 0.2) is 0 Å². The third-order valence-electron chi connectivity index (χ3n) is 4.61. The summed E-state index contributed by atoms with van der Waals surface area (Å²) in [5, 5.41) is 6.74. The molecule has 26 heavy (non-hydrogen) atoms.